The number of rotatable bonds is 20. The number of hydrogen-bond donors (Lipinski definition) is 2. The zero-order valence-corrected chi connectivity index (χ0v) is 32.7. The highest BCUT2D eigenvalue weighted by Gasteiger charge is 2.25. The molecule has 0 aliphatic rings. The van der Waals surface area contributed by atoms with Crippen molar-refractivity contribution in [3.8, 4) is 28.4 Å². The Morgan fingerprint density at radius 2 is 1.45 bits per heavy atom. The summed E-state index contributed by atoms with van der Waals surface area (Å²) in [6, 6.07) is 33.1. The highest BCUT2D eigenvalue weighted by molar-refractivity contribution is 8.00. The maximum absolute atomic E-state index is 14.0. The van der Waals surface area contributed by atoms with Crippen LogP contribution in [0.5, 0.6) is 17.2 Å². The van der Waals surface area contributed by atoms with Crippen LogP contribution >= 0.6 is 11.8 Å². The molecule has 0 aliphatic heterocycles. The molecule has 0 aliphatic carbocycles. The summed E-state index contributed by atoms with van der Waals surface area (Å²) in [5.74, 6) is 1.78. The van der Waals surface area contributed by atoms with Crippen LogP contribution < -0.4 is 8.92 Å². The molecule has 0 radical (unpaired) electrons. The minimum absolute atomic E-state index is 0.0292. The lowest BCUT2D eigenvalue weighted by Crippen LogP contribution is -2.11. The van der Waals surface area contributed by atoms with Gasteiger partial charge in [0.15, 0.2) is 0 Å². The monoisotopic (exact) mass is 772 g/mol. The zero-order chi connectivity index (χ0) is 37.6. The summed E-state index contributed by atoms with van der Waals surface area (Å²) < 4.78 is 52.2. The van der Waals surface area contributed by atoms with Gasteiger partial charge in [0.2, 0.25) is 0 Å². The molecule has 53 heavy (non-hydrogen) atoms. The third-order valence-corrected chi connectivity index (χ3v) is 12.6. The molecule has 0 fully saturated rings. The van der Waals surface area contributed by atoms with Crippen LogP contribution in [0.4, 0.5) is 0 Å². The van der Waals surface area contributed by atoms with Gasteiger partial charge in [0.25, 0.3) is 0 Å². The van der Waals surface area contributed by atoms with Gasteiger partial charge in [0, 0.05) is 37.7 Å². The maximum atomic E-state index is 14.0. The highest BCUT2D eigenvalue weighted by Crippen LogP contribution is 2.40. The van der Waals surface area contributed by atoms with E-state index in [0.717, 1.165) is 54.7 Å². The Hall–Kier alpha value is -4.09. The van der Waals surface area contributed by atoms with E-state index < -0.39 is 27.0 Å². The average Bonchev–Trinajstić information content (AvgIpc) is 3.16. The highest BCUT2D eigenvalue weighted by atomic mass is 32.2. The molecule has 0 heterocycles. The molecule has 280 valence electrons. The van der Waals surface area contributed by atoms with Crippen LogP contribution in [0.2, 0.25) is 0 Å². The minimum atomic E-state index is -4.32. The van der Waals surface area contributed by atoms with Crippen molar-refractivity contribution in [3.05, 3.63) is 132 Å². The molecule has 0 spiro atoms. The fourth-order valence-corrected chi connectivity index (χ4v) is 9.39. The normalized spacial score (nSPS) is 12.7. The smallest absolute Gasteiger partial charge is 0.340 e. The van der Waals surface area contributed by atoms with Crippen molar-refractivity contribution in [2.45, 2.75) is 85.3 Å². The van der Waals surface area contributed by atoms with Crippen LogP contribution in [0.3, 0.4) is 0 Å². The Labute approximate surface area is 321 Å². The summed E-state index contributed by atoms with van der Waals surface area (Å²) in [5, 5.41) is 22.7. The summed E-state index contributed by atoms with van der Waals surface area (Å²) >= 11 is 1.29. The number of aromatic hydroxyl groups is 1. The number of hydrogen-bond acceptors (Lipinski definition) is 8. The number of aliphatic hydroxyl groups is 1. The van der Waals surface area contributed by atoms with Crippen molar-refractivity contribution in [2.75, 3.05) is 12.4 Å². The third kappa shape index (κ3) is 11.5. The quantitative estimate of drug-likeness (QED) is 0.0594. The largest absolute Gasteiger partial charge is 0.508 e. The van der Waals surface area contributed by atoms with Gasteiger partial charge in [-0.1, -0.05) is 112 Å². The average molecular weight is 773 g/mol. The first-order chi connectivity index (χ1) is 25.7. The first-order valence-electron chi connectivity index (χ1n) is 18.2. The number of ether oxygens (including phenoxy) is 1. The molecule has 0 bridgehead atoms. The standard InChI is InChI=1S/C43H48O7S3/c1-3-5-7-8-14-28-52(46)31-32-19-25-40(44)39(29-32)43(45)38-18-13-12-17-37(38)33-20-26-41(51-36-23-21-34(22-24-36)49-27-6-4-2)42(30-33)53(47,48)50-35-15-10-9-11-16-35/h9-13,15-26,29-30,43-45H,3-8,14,27-28,31H2,1-2H3. The molecule has 0 saturated heterocycles. The van der Waals surface area contributed by atoms with Crippen molar-refractivity contribution in [1.82, 2.24) is 0 Å². The van der Waals surface area contributed by atoms with E-state index in [9.17, 15) is 22.8 Å². The van der Waals surface area contributed by atoms with Gasteiger partial charge in [-0.2, -0.15) is 8.42 Å². The van der Waals surface area contributed by atoms with Gasteiger partial charge in [-0.05, 0) is 95.8 Å². The van der Waals surface area contributed by atoms with Crippen molar-refractivity contribution >= 4 is 32.7 Å². The topological polar surface area (TPSA) is 110 Å². The molecular weight excluding hydrogens is 725 g/mol. The van der Waals surface area contributed by atoms with E-state index in [0.29, 0.717) is 39.7 Å². The Bertz CT molecular complexity index is 2050. The van der Waals surface area contributed by atoms with Gasteiger partial charge in [-0.3, -0.25) is 4.21 Å². The van der Waals surface area contributed by atoms with Crippen LogP contribution in [-0.2, 0) is 26.7 Å². The first-order valence-corrected chi connectivity index (χ1v) is 21.9. The second-order valence-corrected chi connectivity index (χ2v) is 17.1. The summed E-state index contributed by atoms with van der Waals surface area (Å²) in [6.45, 7) is 4.90. The van der Waals surface area contributed by atoms with Crippen LogP contribution in [0, 0.1) is 0 Å². The molecule has 2 N–H and O–H groups in total. The van der Waals surface area contributed by atoms with Gasteiger partial charge >= 0.3 is 10.1 Å². The maximum Gasteiger partial charge on any atom is 0.340 e. The number of unbranched alkanes of at least 4 members (excludes halogenated alkanes) is 5. The van der Waals surface area contributed by atoms with Crippen LogP contribution in [-0.4, -0.2) is 35.2 Å². The molecule has 5 aromatic carbocycles. The second kappa shape index (κ2) is 19.8. The summed E-state index contributed by atoms with van der Waals surface area (Å²) in [5.41, 5.74) is 2.64. The number of phenols is 1. The Morgan fingerprint density at radius 3 is 2.21 bits per heavy atom. The number of para-hydroxylation sites is 1. The van der Waals surface area contributed by atoms with Gasteiger partial charge in [-0.15, -0.1) is 0 Å². The third-order valence-electron chi connectivity index (χ3n) is 8.74. The van der Waals surface area contributed by atoms with E-state index in [1.807, 2.05) is 36.4 Å². The molecule has 0 aromatic heterocycles. The Balaban J connectivity index is 1.45. The van der Waals surface area contributed by atoms with E-state index in [4.69, 9.17) is 8.92 Å². The molecule has 2 atom stereocenters. The van der Waals surface area contributed by atoms with Crippen LogP contribution in [0.1, 0.15) is 81.6 Å². The molecule has 5 aromatic rings. The fourth-order valence-electron chi connectivity index (χ4n) is 5.87. The van der Waals surface area contributed by atoms with E-state index in [1.165, 1.54) is 24.2 Å². The predicted octanol–water partition coefficient (Wildman–Crippen LogP) is 10.5. The molecular formula is C43H48O7S3. The SMILES string of the molecule is CCCCCCCS(=O)Cc1ccc(O)c(C(O)c2ccccc2-c2ccc(Sc3ccc(OCCCC)cc3)c(S(=O)(=O)Oc3ccccc3)c2)c1. The number of phenolic OH excluding ortho intramolecular Hbond substituents is 1. The molecule has 7 nitrogen and oxygen atoms in total. The molecule has 2 unspecified atom stereocenters. The van der Waals surface area contributed by atoms with E-state index in [-0.39, 0.29) is 22.0 Å². The van der Waals surface area contributed by atoms with E-state index in [1.54, 1.807) is 72.8 Å². The number of aliphatic hydroxyl groups excluding tert-OH is 1. The summed E-state index contributed by atoms with van der Waals surface area (Å²) in [7, 11) is -5.39. The Morgan fingerprint density at radius 1 is 0.736 bits per heavy atom. The molecule has 0 saturated carbocycles. The van der Waals surface area contributed by atoms with Gasteiger partial charge in [0.1, 0.15) is 28.2 Å². The van der Waals surface area contributed by atoms with Crippen molar-refractivity contribution in [2.24, 2.45) is 0 Å². The first kappa shape index (κ1) is 40.1. The van der Waals surface area contributed by atoms with E-state index in [2.05, 4.69) is 13.8 Å². The fraction of sp³-hybridized carbons (Fsp3) is 0.302. The van der Waals surface area contributed by atoms with Gasteiger partial charge < -0.3 is 19.1 Å². The van der Waals surface area contributed by atoms with Crippen LogP contribution in [0.15, 0.2) is 130 Å². The second-order valence-electron chi connectivity index (χ2n) is 12.9. The minimum Gasteiger partial charge on any atom is -0.508 e. The summed E-state index contributed by atoms with van der Waals surface area (Å²) in [6.07, 6.45) is 6.18. The van der Waals surface area contributed by atoms with Crippen molar-refractivity contribution in [3.63, 3.8) is 0 Å². The summed E-state index contributed by atoms with van der Waals surface area (Å²) in [4.78, 5) is 1.25. The predicted molar refractivity (Wildman–Crippen MR) is 215 cm³/mol. The Kier molecular flexibility index (Phi) is 15.0. The lowest BCUT2D eigenvalue weighted by molar-refractivity contribution is 0.216. The van der Waals surface area contributed by atoms with Gasteiger partial charge in [-0.25, -0.2) is 0 Å². The lowest BCUT2D eigenvalue weighted by atomic mass is 9.92. The van der Waals surface area contributed by atoms with E-state index >= 15 is 0 Å². The lowest BCUT2D eigenvalue weighted by Gasteiger charge is -2.19. The van der Waals surface area contributed by atoms with Crippen molar-refractivity contribution in [1.29, 1.82) is 0 Å². The number of benzene rings is 5. The zero-order valence-electron chi connectivity index (χ0n) is 30.3. The molecule has 10 heteroatoms. The molecule has 0 amide bonds. The van der Waals surface area contributed by atoms with Crippen molar-refractivity contribution < 1.29 is 31.8 Å². The van der Waals surface area contributed by atoms with Gasteiger partial charge in [0.05, 0.1) is 6.61 Å². The van der Waals surface area contributed by atoms with Crippen LogP contribution in [0.25, 0.3) is 11.1 Å². The molecule has 5 rings (SSSR count).